The number of carbonyl (C=O) groups is 2. The SMILES string of the molecule is O=C1CCCCN1CC(=O)N(Cc1ccccc1)CC(F)(F)F. The Labute approximate surface area is 132 Å². The van der Waals surface area contributed by atoms with Gasteiger partial charge in [-0.05, 0) is 18.4 Å². The molecule has 1 aromatic carbocycles. The summed E-state index contributed by atoms with van der Waals surface area (Å²) in [7, 11) is 0. The van der Waals surface area contributed by atoms with Crippen LogP contribution in [0.25, 0.3) is 0 Å². The predicted molar refractivity (Wildman–Crippen MR) is 78.3 cm³/mol. The summed E-state index contributed by atoms with van der Waals surface area (Å²) in [5.41, 5.74) is 0.620. The summed E-state index contributed by atoms with van der Waals surface area (Å²) in [5.74, 6) is -0.849. The Hall–Kier alpha value is -2.05. The normalized spacial score (nSPS) is 15.6. The summed E-state index contributed by atoms with van der Waals surface area (Å²) in [5, 5.41) is 0. The number of piperidine rings is 1. The van der Waals surface area contributed by atoms with E-state index < -0.39 is 18.6 Å². The van der Waals surface area contributed by atoms with Crippen molar-refractivity contribution < 1.29 is 22.8 Å². The Morgan fingerprint density at radius 3 is 2.48 bits per heavy atom. The quantitative estimate of drug-likeness (QED) is 0.834. The van der Waals surface area contributed by atoms with Crippen molar-refractivity contribution in [2.45, 2.75) is 32.0 Å². The number of likely N-dealkylation sites (tertiary alicyclic amines) is 1. The molecule has 1 saturated heterocycles. The molecule has 1 fully saturated rings. The van der Waals surface area contributed by atoms with E-state index in [-0.39, 0.29) is 19.0 Å². The molecule has 1 heterocycles. The van der Waals surface area contributed by atoms with Crippen LogP contribution in [0.2, 0.25) is 0 Å². The number of hydrogen-bond acceptors (Lipinski definition) is 2. The molecule has 0 aliphatic carbocycles. The second-order valence-corrected chi connectivity index (χ2v) is 5.62. The third kappa shape index (κ3) is 5.58. The highest BCUT2D eigenvalue weighted by atomic mass is 19.4. The van der Waals surface area contributed by atoms with Crippen molar-refractivity contribution in [2.75, 3.05) is 19.6 Å². The van der Waals surface area contributed by atoms with Gasteiger partial charge in [-0.25, -0.2) is 0 Å². The minimum atomic E-state index is -4.48. The molecule has 0 spiro atoms. The monoisotopic (exact) mass is 328 g/mol. The molecule has 2 amide bonds. The lowest BCUT2D eigenvalue weighted by molar-refractivity contribution is -0.164. The molecule has 2 rings (SSSR count). The maximum absolute atomic E-state index is 12.7. The molecule has 0 unspecified atom stereocenters. The Morgan fingerprint density at radius 2 is 1.87 bits per heavy atom. The summed E-state index contributed by atoms with van der Waals surface area (Å²) in [6.45, 7) is -1.30. The van der Waals surface area contributed by atoms with E-state index in [9.17, 15) is 22.8 Å². The highest BCUT2D eigenvalue weighted by Gasteiger charge is 2.34. The van der Waals surface area contributed by atoms with Crippen LogP contribution in [0.5, 0.6) is 0 Å². The molecule has 126 valence electrons. The molecular weight excluding hydrogens is 309 g/mol. The van der Waals surface area contributed by atoms with Crippen molar-refractivity contribution in [2.24, 2.45) is 0 Å². The van der Waals surface area contributed by atoms with Crippen LogP contribution in [0.4, 0.5) is 13.2 Å². The van der Waals surface area contributed by atoms with Gasteiger partial charge >= 0.3 is 6.18 Å². The molecule has 0 N–H and O–H groups in total. The first-order valence-corrected chi connectivity index (χ1v) is 7.51. The molecule has 0 radical (unpaired) electrons. The highest BCUT2D eigenvalue weighted by Crippen LogP contribution is 2.19. The number of alkyl halides is 3. The fraction of sp³-hybridized carbons (Fsp3) is 0.500. The van der Waals surface area contributed by atoms with Crippen LogP contribution in [0, 0.1) is 0 Å². The van der Waals surface area contributed by atoms with Crippen LogP contribution in [0.15, 0.2) is 30.3 Å². The molecule has 0 atom stereocenters. The zero-order chi connectivity index (χ0) is 16.9. The molecule has 0 aromatic heterocycles. The van der Waals surface area contributed by atoms with Gasteiger partial charge in [0.1, 0.15) is 6.54 Å². The number of halogens is 3. The van der Waals surface area contributed by atoms with Crippen LogP contribution in [-0.2, 0) is 16.1 Å². The van der Waals surface area contributed by atoms with E-state index in [2.05, 4.69) is 0 Å². The average Bonchev–Trinajstić information content (AvgIpc) is 2.48. The Balaban J connectivity index is 2.05. The molecule has 4 nitrogen and oxygen atoms in total. The zero-order valence-corrected chi connectivity index (χ0v) is 12.7. The predicted octanol–water partition coefficient (Wildman–Crippen LogP) is 2.59. The van der Waals surface area contributed by atoms with Gasteiger partial charge < -0.3 is 9.80 Å². The summed E-state index contributed by atoms with van der Waals surface area (Å²) in [4.78, 5) is 26.1. The van der Waals surface area contributed by atoms with Gasteiger partial charge in [0.05, 0.1) is 6.54 Å². The van der Waals surface area contributed by atoms with Gasteiger partial charge in [-0.2, -0.15) is 13.2 Å². The van der Waals surface area contributed by atoms with E-state index in [1.54, 1.807) is 30.3 Å². The van der Waals surface area contributed by atoms with Crippen LogP contribution < -0.4 is 0 Å². The lowest BCUT2D eigenvalue weighted by Gasteiger charge is -2.30. The summed E-state index contributed by atoms with van der Waals surface area (Å²) in [6, 6.07) is 8.51. The summed E-state index contributed by atoms with van der Waals surface area (Å²) >= 11 is 0. The van der Waals surface area contributed by atoms with Crippen molar-refractivity contribution in [1.82, 2.24) is 9.80 Å². The molecular formula is C16H19F3N2O2. The van der Waals surface area contributed by atoms with E-state index in [0.717, 1.165) is 17.7 Å². The number of hydrogen-bond donors (Lipinski definition) is 0. The molecule has 0 saturated carbocycles. The molecule has 1 aromatic rings. The topological polar surface area (TPSA) is 40.6 Å². The average molecular weight is 328 g/mol. The van der Waals surface area contributed by atoms with Crippen molar-refractivity contribution >= 4 is 11.8 Å². The Morgan fingerprint density at radius 1 is 1.17 bits per heavy atom. The molecule has 1 aliphatic heterocycles. The molecule has 1 aliphatic rings. The maximum Gasteiger partial charge on any atom is 0.406 e. The smallest absolute Gasteiger partial charge is 0.333 e. The first-order valence-electron chi connectivity index (χ1n) is 7.51. The van der Waals surface area contributed by atoms with Crippen LogP contribution in [0.1, 0.15) is 24.8 Å². The lowest BCUT2D eigenvalue weighted by Crippen LogP contribution is -2.46. The summed E-state index contributed by atoms with van der Waals surface area (Å²) < 4.78 is 38.2. The van der Waals surface area contributed by atoms with E-state index in [4.69, 9.17) is 0 Å². The van der Waals surface area contributed by atoms with Crippen molar-refractivity contribution in [3.8, 4) is 0 Å². The van der Waals surface area contributed by atoms with Gasteiger partial charge in [-0.1, -0.05) is 30.3 Å². The fourth-order valence-corrected chi connectivity index (χ4v) is 2.54. The van der Waals surface area contributed by atoms with Crippen LogP contribution in [-0.4, -0.2) is 47.4 Å². The number of nitrogens with zero attached hydrogens (tertiary/aromatic N) is 2. The largest absolute Gasteiger partial charge is 0.406 e. The van der Waals surface area contributed by atoms with E-state index in [0.29, 0.717) is 18.5 Å². The first-order chi connectivity index (χ1) is 10.8. The van der Waals surface area contributed by atoms with Gasteiger partial charge in [-0.15, -0.1) is 0 Å². The van der Waals surface area contributed by atoms with Crippen molar-refractivity contribution in [3.05, 3.63) is 35.9 Å². The number of benzene rings is 1. The molecule has 23 heavy (non-hydrogen) atoms. The number of carbonyl (C=O) groups excluding carboxylic acids is 2. The number of amides is 2. The van der Waals surface area contributed by atoms with E-state index in [1.165, 1.54) is 4.90 Å². The van der Waals surface area contributed by atoms with Gasteiger partial charge in [-0.3, -0.25) is 9.59 Å². The standard InChI is InChI=1S/C16H19F3N2O2/c17-16(18,19)12-21(10-13-6-2-1-3-7-13)15(23)11-20-9-5-4-8-14(20)22/h1-3,6-7H,4-5,8-12H2. The Bertz CT molecular complexity index is 546. The van der Waals surface area contributed by atoms with E-state index >= 15 is 0 Å². The van der Waals surface area contributed by atoms with Crippen molar-refractivity contribution in [3.63, 3.8) is 0 Å². The first kappa shape index (κ1) is 17.3. The van der Waals surface area contributed by atoms with Crippen LogP contribution >= 0.6 is 0 Å². The third-order valence-corrected chi connectivity index (χ3v) is 3.69. The number of rotatable bonds is 5. The second kappa shape index (κ2) is 7.48. The molecule has 7 heteroatoms. The minimum Gasteiger partial charge on any atom is -0.333 e. The van der Waals surface area contributed by atoms with Crippen molar-refractivity contribution in [1.29, 1.82) is 0 Å². The second-order valence-electron chi connectivity index (χ2n) is 5.62. The Kier molecular flexibility index (Phi) is 5.63. The fourth-order valence-electron chi connectivity index (χ4n) is 2.54. The highest BCUT2D eigenvalue weighted by molar-refractivity contribution is 5.85. The third-order valence-electron chi connectivity index (χ3n) is 3.69. The van der Waals surface area contributed by atoms with Gasteiger partial charge in [0, 0.05) is 19.5 Å². The van der Waals surface area contributed by atoms with Gasteiger partial charge in [0.15, 0.2) is 0 Å². The van der Waals surface area contributed by atoms with E-state index in [1.807, 2.05) is 0 Å². The lowest BCUT2D eigenvalue weighted by atomic mass is 10.1. The van der Waals surface area contributed by atoms with Gasteiger partial charge in [0.25, 0.3) is 0 Å². The van der Waals surface area contributed by atoms with Crippen LogP contribution in [0.3, 0.4) is 0 Å². The summed E-state index contributed by atoms with van der Waals surface area (Å²) in [6.07, 6.45) is -2.58. The molecule has 0 bridgehead atoms. The minimum absolute atomic E-state index is 0.124. The maximum atomic E-state index is 12.7. The van der Waals surface area contributed by atoms with Gasteiger partial charge in [0.2, 0.25) is 11.8 Å². The zero-order valence-electron chi connectivity index (χ0n) is 12.7.